The summed E-state index contributed by atoms with van der Waals surface area (Å²) in [5, 5.41) is 3.31. The number of piperidine rings is 1. The number of nitrogens with one attached hydrogen (secondary N) is 1. The summed E-state index contributed by atoms with van der Waals surface area (Å²) in [5.41, 5.74) is 2.41. The number of aromatic nitrogens is 2. The third kappa shape index (κ3) is 1.62. The molecule has 0 saturated carbocycles. The molecule has 0 spiro atoms. The summed E-state index contributed by atoms with van der Waals surface area (Å²) in [5.74, 6) is 1.87. The van der Waals surface area contributed by atoms with Gasteiger partial charge in [-0.25, -0.2) is 4.68 Å². The highest BCUT2D eigenvalue weighted by Crippen LogP contribution is 2.28. The maximum Gasteiger partial charge on any atom is 0.271 e. The quantitative estimate of drug-likeness (QED) is 0.800. The van der Waals surface area contributed by atoms with Crippen molar-refractivity contribution in [3.63, 3.8) is 0 Å². The van der Waals surface area contributed by atoms with Gasteiger partial charge in [0.05, 0.1) is 17.3 Å². The lowest BCUT2D eigenvalue weighted by Crippen LogP contribution is -2.35. The van der Waals surface area contributed by atoms with E-state index in [2.05, 4.69) is 17.0 Å². The highest BCUT2D eigenvalue weighted by atomic mass is 32.2. The minimum atomic E-state index is 0.231. The van der Waals surface area contributed by atoms with Crippen LogP contribution >= 0.6 is 11.8 Å². The van der Waals surface area contributed by atoms with Crippen molar-refractivity contribution < 1.29 is 0 Å². The molecule has 88 valence electrons. The van der Waals surface area contributed by atoms with E-state index in [4.69, 9.17) is 0 Å². The Hall–Kier alpha value is -0.680. The van der Waals surface area contributed by atoms with E-state index >= 15 is 0 Å². The van der Waals surface area contributed by atoms with Gasteiger partial charge in [0.15, 0.2) is 0 Å². The van der Waals surface area contributed by atoms with Crippen molar-refractivity contribution >= 4 is 11.8 Å². The number of rotatable bonds is 1. The minimum absolute atomic E-state index is 0.231. The van der Waals surface area contributed by atoms with E-state index in [0.717, 1.165) is 48.7 Å². The van der Waals surface area contributed by atoms with Crippen molar-refractivity contribution in [2.75, 3.05) is 20.1 Å². The molecule has 4 nitrogen and oxygen atoms in total. The topological polar surface area (TPSA) is 41.0 Å². The fourth-order valence-electron chi connectivity index (χ4n) is 2.57. The molecule has 1 saturated heterocycles. The monoisotopic (exact) mass is 239 g/mol. The molecule has 1 aromatic rings. The molecule has 0 bridgehead atoms. The van der Waals surface area contributed by atoms with Crippen molar-refractivity contribution in [3.8, 4) is 0 Å². The summed E-state index contributed by atoms with van der Waals surface area (Å²) in [6, 6.07) is 0.388. The van der Waals surface area contributed by atoms with Crippen LogP contribution in [0.25, 0.3) is 0 Å². The van der Waals surface area contributed by atoms with Crippen LogP contribution in [-0.2, 0) is 11.5 Å². The number of hydrogen-bond donors (Lipinski definition) is 1. The van der Waals surface area contributed by atoms with Gasteiger partial charge in [0, 0.05) is 11.5 Å². The highest BCUT2D eigenvalue weighted by Gasteiger charge is 2.25. The molecule has 3 rings (SSSR count). The van der Waals surface area contributed by atoms with Gasteiger partial charge in [0.1, 0.15) is 0 Å². The molecule has 5 heteroatoms. The summed E-state index contributed by atoms with van der Waals surface area (Å²) in [6.07, 6.45) is 2.17. The Labute approximate surface area is 99.0 Å². The van der Waals surface area contributed by atoms with E-state index in [-0.39, 0.29) is 5.56 Å². The Bertz CT molecular complexity index is 443. The molecule has 2 aliphatic rings. The van der Waals surface area contributed by atoms with Crippen molar-refractivity contribution in [2.45, 2.75) is 30.4 Å². The van der Waals surface area contributed by atoms with Gasteiger partial charge < -0.3 is 4.90 Å². The van der Waals surface area contributed by atoms with E-state index in [1.165, 1.54) is 0 Å². The van der Waals surface area contributed by atoms with Crippen LogP contribution in [0.5, 0.6) is 0 Å². The average molecular weight is 239 g/mol. The Balaban J connectivity index is 1.87. The van der Waals surface area contributed by atoms with Crippen LogP contribution in [0.1, 0.15) is 30.1 Å². The van der Waals surface area contributed by atoms with Gasteiger partial charge in [0.2, 0.25) is 0 Å². The standard InChI is InChI=1S/C11H17N3OS/c1-13-4-2-8(3-5-13)14-11(15)9-6-16-7-10(9)12-14/h8,12H,2-7H2,1H3. The van der Waals surface area contributed by atoms with Gasteiger partial charge in [-0.3, -0.25) is 9.89 Å². The summed E-state index contributed by atoms with van der Waals surface area (Å²) in [7, 11) is 2.14. The number of hydrogen-bond acceptors (Lipinski definition) is 3. The number of thioether (sulfide) groups is 1. The van der Waals surface area contributed by atoms with Crippen molar-refractivity contribution in [3.05, 3.63) is 21.6 Å². The largest absolute Gasteiger partial charge is 0.306 e. The number of fused-ring (bicyclic) bond motifs is 1. The lowest BCUT2D eigenvalue weighted by Gasteiger charge is -2.29. The molecule has 1 fully saturated rings. The van der Waals surface area contributed by atoms with Gasteiger partial charge in [-0.05, 0) is 33.0 Å². The Morgan fingerprint density at radius 1 is 1.31 bits per heavy atom. The second-order valence-electron chi connectivity index (χ2n) is 4.77. The van der Waals surface area contributed by atoms with Crippen LogP contribution in [0.15, 0.2) is 4.79 Å². The van der Waals surface area contributed by atoms with Crippen molar-refractivity contribution in [2.24, 2.45) is 0 Å². The van der Waals surface area contributed by atoms with Gasteiger partial charge in [-0.2, -0.15) is 11.8 Å². The molecule has 1 aromatic heterocycles. The molecule has 0 aromatic carbocycles. The lowest BCUT2D eigenvalue weighted by molar-refractivity contribution is 0.209. The summed E-state index contributed by atoms with van der Waals surface area (Å²) < 4.78 is 1.89. The predicted molar refractivity (Wildman–Crippen MR) is 65.8 cm³/mol. The predicted octanol–water partition coefficient (Wildman–Crippen LogP) is 1.19. The third-order valence-corrected chi connectivity index (χ3v) is 4.63. The second-order valence-corrected chi connectivity index (χ2v) is 5.76. The van der Waals surface area contributed by atoms with Crippen molar-refractivity contribution in [1.29, 1.82) is 0 Å². The van der Waals surface area contributed by atoms with E-state index in [0.29, 0.717) is 6.04 Å². The molecule has 1 N–H and O–H groups in total. The molecule has 0 unspecified atom stereocenters. The van der Waals surface area contributed by atoms with Gasteiger partial charge in [-0.1, -0.05) is 0 Å². The smallest absolute Gasteiger partial charge is 0.271 e. The first-order valence-electron chi connectivity index (χ1n) is 5.84. The molecule has 0 radical (unpaired) electrons. The fourth-order valence-corrected chi connectivity index (χ4v) is 3.62. The lowest BCUT2D eigenvalue weighted by atomic mass is 10.1. The van der Waals surface area contributed by atoms with E-state index in [1.807, 2.05) is 16.4 Å². The van der Waals surface area contributed by atoms with E-state index in [1.54, 1.807) is 0 Å². The van der Waals surface area contributed by atoms with Crippen LogP contribution in [0.4, 0.5) is 0 Å². The molecule has 0 aliphatic carbocycles. The first-order valence-corrected chi connectivity index (χ1v) is 6.99. The molecular formula is C11H17N3OS. The van der Waals surface area contributed by atoms with Crippen LogP contribution in [0.3, 0.4) is 0 Å². The maximum atomic E-state index is 12.1. The summed E-state index contributed by atoms with van der Waals surface area (Å²) in [4.78, 5) is 14.5. The number of nitrogens with zero attached hydrogens (tertiary/aromatic N) is 2. The SMILES string of the molecule is CN1CCC(n2[nH]c3c(c2=O)CSC3)CC1. The molecule has 16 heavy (non-hydrogen) atoms. The molecule has 2 aliphatic heterocycles. The van der Waals surface area contributed by atoms with Crippen LogP contribution in [0.2, 0.25) is 0 Å². The number of aromatic amines is 1. The van der Waals surface area contributed by atoms with Gasteiger partial charge in [0.25, 0.3) is 5.56 Å². The summed E-state index contributed by atoms with van der Waals surface area (Å²) >= 11 is 1.83. The Morgan fingerprint density at radius 2 is 2.06 bits per heavy atom. The number of H-pyrrole nitrogens is 1. The maximum absolute atomic E-state index is 12.1. The summed E-state index contributed by atoms with van der Waals surface area (Å²) in [6.45, 7) is 2.19. The van der Waals surface area contributed by atoms with Gasteiger partial charge >= 0.3 is 0 Å². The average Bonchev–Trinajstić information content (AvgIpc) is 2.84. The first-order chi connectivity index (χ1) is 7.75. The third-order valence-electron chi connectivity index (χ3n) is 3.64. The van der Waals surface area contributed by atoms with E-state index < -0.39 is 0 Å². The van der Waals surface area contributed by atoms with Crippen LogP contribution in [-0.4, -0.2) is 34.8 Å². The normalized spacial score (nSPS) is 22.6. The molecule has 3 heterocycles. The van der Waals surface area contributed by atoms with Crippen LogP contribution in [0, 0.1) is 0 Å². The molecular weight excluding hydrogens is 222 g/mol. The van der Waals surface area contributed by atoms with E-state index in [9.17, 15) is 4.79 Å². The zero-order valence-electron chi connectivity index (χ0n) is 9.53. The highest BCUT2D eigenvalue weighted by molar-refractivity contribution is 7.98. The van der Waals surface area contributed by atoms with Gasteiger partial charge in [-0.15, -0.1) is 0 Å². The number of likely N-dealkylation sites (tertiary alicyclic amines) is 1. The molecule has 0 atom stereocenters. The zero-order chi connectivity index (χ0) is 11.1. The van der Waals surface area contributed by atoms with Crippen molar-refractivity contribution in [1.82, 2.24) is 14.7 Å². The first kappa shape index (κ1) is 10.5. The second kappa shape index (κ2) is 3.96. The Kier molecular flexibility index (Phi) is 2.59. The Morgan fingerprint density at radius 3 is 2.75 bits per heavy atom. The van der Waals surface area contributed by atoms with Crippen LogP contribution < -0.4 is 5.56 Å². The minimum Gasteiger partial charge on any atom is -0.306 e. The molecule has 0 amide bonds. The fraction of sp³-hybridized carbons (Fsp3) is 0.727. The zero-order valence-corrected chi connectivity index (χ0v) is 10.3.